The molecule has 1 unspecified atom stereocenters. The fourth-order valence-corrected chi connectivity index (χ4v) is 2.83. The molecule has 2 rings (SSSR count). The maximum absolute atomic E-state index is 11.9. The van der Waals surface area contributed by atoms with Gasteiger partial charge < -0.3 is 14.6 Å². The van der Waals surface area contributed by atoms with Crippen LogP contribution in [0.1, 0.15) is 44.7 Å². The molecule has 1 atom stereocenters. The summed E-state index contributed by atoms with van der Waals surface area (Å²) < 4.78 is 5.34. The summed E-state index contributed by atoms with van der Waals surface area (Å²) in [6.45, 7) is 5.56. The van der Waals surface area contributed by atoms with Gasteiger partial charge in [-0.1, -0.05) is 37.3 Å². The van der Waals surface area contributed by atoms with Crippen molar-refractivity contribution < 1.29 is 19.4 Å². The number of phenolic OH excluding ortho intramolecular Hbond substituents is 1. The minimum Gasteiger partial charge on any atom is -0.508 e. The monoisotopic (exact) mass is 352 g/mol. The van der Waals surface area contributed by atoms with Gasteiger partial charge in [-0.2, -0.15) is 0 Å². The fraction of sp³-hybridized carbons (Fsp3) is 0.273. The first-order chi connectivity index (χ1) is 12.4. The number of aromatic hydroxyl groups is 1. The van der Waals surface area contributed by atoms with Crippen LogP contribution in [0.3, 0.4) is 0 Å². The highest BCUT2D eigenvalue weighted by Crippen LogP contribution is 2.37. The second-order valence-corrected chi connectivity index (χ2v) is 6.47. The summed E-state index contributed by atoms with van der Waals surface area (Å²) in [6.07, 6.45) is 3.68. The number of allylic oxidation sites excluding steroid dienone is 1. The minimum atomic E-state index is -0.392. The molecule has 0 saturated heterocycles. The van der Waals surface area contributed by atoms with E-state index >= 15 is 0 Å². The number of carbonyl (C=O) groups is 2. The number of aldehydes is 1. The van der Waals surface area contributed by atoms with E-state index in [2.05, 4.69) is 6.92 Å². The van der Waals surface area contributed by atoms with Crippen LogP contribution < -0.4 is 4.74 Å². The average Bonchev–Trinajstić information content (AvgIpc) is 2.66. The maximum Gasteiger partial charge on any atom is 0.338 e. The number of ether oxygens (including phenoxy) is 1. The zero-order valence-corrected chi connectivity index (χ0v) is 15.4. The zero-order valence-electron chi connectivity index (χ0n) is 15.4. The molecule has 26 heavy (non-hydrogen) atoms. The SMILES string of the molecule is CC=C(C)C(=O)Oc1ccc(C(C)(CCC=O)c2ccc(O)cc2)cc1. The topological polar surface area (TPSA) is 63.6 Å². The first-order valence-corrected chi connectivity index (χ1v) is 8.59. The number of carbonyl (C=O) groups excluding carboxylic acids is 2. The fourth-order valence-electron chi connectivity index (χ4n) is 2.83. The standard InChI is InChI=1S/C22H24O4/c1-4-16(2)21(25)26-20-12-8-18(9-13-20)22(3,14-5-15-23)17-6-10-19(24)11-7-17/h4,6-13,15,24H,5,14H2,1-3H3. The van der Waals surface area contributed by atoms with Crippen LogP contribution in [0.15, 0.2) is 60.2 Å². The van der Waals surface area contributed by atoms with Gasteiger partial charge in [0.25, 0.3) is 0 Å². The molecular formula is C22H24O4. The molecule has 0 aromatic heterocycles. The first-order valence-electron chi connectivity index (χ1n) is 8.59. The number of esters is 1. The van der Waals surface area contributed by atoms with E-state index in [-0.39, 0.29) is 11.7 Å². The summed E-state index contributed by atoms with van der Waals surface area (Å²) in [5.74, 6) is 0.305. The molecule has 0 heterocycles. The third-order valence-electron chi connectivity index (χ3n) is 4.72. The van der Waals surface area contributed by atoms with E-state index in [4.69, 9.17) is 4.74 Å². The summed E-state index contributed by atoms with van der Waals surface area (Å²) >= 11 is 0. The van der Waals surface area contributed by atoms with Gasteiger partial charge in [-0.25, -0.2) is 4.79 Å². The molecule has 0 aliphatic rings. The number of benzene rings is 2. The molecule has 1 N–H and O–H groups in total. The van der Waals surface area contributed by atoms with E-state index in [0.717, 1.165) is 17.4 Å². The van der Waals surface area contributed by atoms with Crippen LogP contribution in [0.2, 0.25) is 0 Å². The third-order valence-corrected chi connectivity index (χ3v) is 4.72. The van der Waals surface area contributed by atoms with E-state index in [1.807, 2.05) is 24.3 Å². The normalized spacial score (nSPS) is 13.7. The molecule has 136 valence electrons. The Morgan fingerprint density at radius 1 is 1.08 bits per heavy atom. The van der Waals surface area contributed by atoms with Crippen LogP contribution >= 0.6 is 0 Å². The van der Waals surface area contributed by atoms with Crippen molar-refractivity contribution in [2.24, 2.45) is 0 Å². The Hall–Kier alpha value is -2.88. The molecule has 0 radical (unpaired) electrons. The Kier molecular flexibility index (Phi) is 6.34. The lowest BCUT2D eigenvalue weighted by Gasteiger charge is -2.30. The Morgan fingerprint density at radius 2 is 1.62 bits per heavy atom. The van der Waals surface area contributed by atoms with Crippen LogP contribution in [0.4, 0.5) is 0 Å². The second-order valence-electron chi connectivity index (χ2n) is 6.47. The molecule has 0 spiro atoms. The predicted octanol–water partition coefficient (Wildman–Crippen LogP) is 4.55. The molecule has 0 saturated carbocycles. The molecule has 2 aromatic carbocycles. The molecule has 0 aliphatic carbocycles. The summed E-state index contributed by atoms with van der Waals surface area (Å²) in [7, 11) is 0. The second kappa shape index (κ2) is 8.48. The van der Waals surface area contributed by atoms with Crippen molar-refractivity contribution in [3.8, 4) is 11.5 Å². The summed E-state index contributed by atoms with van der Waals surface area (Å²) in [6, 6.07) is 14.4. The summed E-state index contributed by atoms with van der Waals surface area (Å²) in [4.78, 5) is 22.8. The number of phenols is 1. The Bertz CT molecular complexity index is 788. The Morgan fingerprint density at radius 3 is 2.12 bits per heavy atom. The van der Waals surface area contributed by atoms with Gasteiger partial charge in [0.05, 0.1) is 0 Å². The van der Waals surface area contributed by atoms with Crippen molar-refractivity contribution in [3.63, 3.8) is 0 Å². The molecule has 4 nitrogen and oxygen atoms in total. The zero-order chi connectivity index (χ0) is 19.2. The minimum absolute atomic E-state index is 0.202. The largest absolute Gasteiger partial charge is 0.508 e. The lowest BCUT2D eigenvalue weighted by molar-refractivity contribution is -0.130. The maximum atomic E-state index is 11.9. The van der Waals surface area contributed by atoms with Crippen molar-refractivity contribution in [2.75, 3.05) is 0 Å². The summed E-state index contributed by atoms with van der Waals surface area (Å²) in [5, 5.41) is 9.55. The quantitative estimate of drug-likeness (QED) is 0.344. The molecular weight excluding hydrogens is 328 g/mol. The lowest BCUT2D eigenvalue weighted by atomic mass is 9.73. The third kappa shape index (κ3) is 4.39. The van der Waals surface area contributed by atoms with Gasteiger partial charge >= 0.3 is 5.97 Å². The van der Waals surface area contributed by atoms with Gasteiger partial charge in [0, 0.05) is 17.4 Å². The van der Waals surface area contributed by atoms with E-state index in [0.29, 0.717) is 24.2 Å². The van der Waals surface area contributed by atoms with Crippen molar-refractivity contribution >= 4 is 12.3 Å². The molecule has 0 bridgehead atoms. The molecule has 0 fully saturated rings. The number of hydrogen-bond acceptors (Lipinski definition) is 4. The van der Waals surface area contributed by atoms with Gasteiger partial charge in [-0.05, 0) is 55.7 Å². The van der Waals surface area contributed by atoms with Crippen LogP contribution in [-0.2, 0) is 15.0 Å². The van der Waals surface area contributed by atoms with Crippen molar-refractivity contribution in [2.45, 2.75) is 39.0 Å². The summed E-state index contributed by atoms with van der Waals surface area (Å²) in [5.41, 5.74) is 2.17. The highest BCUT2D eigenvalue weighted by atomic mass is 16.5. The molecule has 0 amide bonds. The van der Waals surface area contributed by atoms with Crippen LogP contribution in [0.25, 0.3) is 0 Å². The van der Waals surface area contributed by atoms with Crippen molar-refractivity contribution in [1.29, 1.82) is 0 Å². The van der Waals surface area contributed by atoms with Crippen molar-refractivity contribution in [3.05, 3.63) is 71.3 Å². The molecule has 4 heteroatoms. The van der Waals surface area contributed by atoms with Crippen LogP contribution in [0.5, 0.6) is 11.5 Å². The number of rotatable bonds is 7. The Balaban J connectivity index is 2.32. The van der Waals surface area contributed by atoms with E-state index in [1.165, 1.54) is 0 Å². The highest BCUT2D eigenvalue weighted by molar-refractivity contribution is 5.89. The number of hydrogen-bond donors (Lipinski definition) is 1. The average molecular weight is 352 g/mol. The lowest BCUT2D eigenvalue weighted by Crippen LogP contribution is -2.24. The van der Waals surface area contributed by atoms with Crippen molar-refractivity contribution in [1.82, 2.24) is 0 Å². The predicted molar refractivity (Wildman–Crippen MR) is 101 cm³/mol. The van der Waals surface area contributed by atoms with Gasteiger partial charge in [0.2, 0.25) is 0 Å². The van der Waals surface area contributed by atoms with Crippen LogP contribution in [-0.4, -0.2) is 17.4 Å². The van der Waals surface area contributed by atoms with Gasteiger partial charge in [0.15, 0.2) is 0 Å². The van der Waals surface area contributed by atoms with Gasteiger partial charge in [-0.3, -0.25) is 0 Å². The van der Waals surface area contributed by atoms with E-state index < -0.39 is 5.41 Å². The first kappa shape index (κ1) is 19.4. The highest BCUT2D eigenvalue weighted by Gasteiger charge is 2.28. The van der Waals surface area contributed by atoms with Gasteiger partial charge in [0.1, 0.15) is 17.8 Å². The van der Waals surface area contributed by atoms with Crippen LogP contribution in [0, 0.1) is 0 Å². The van der Waals surface area contributed by atoms with Gasteiger partial charge in [-0.15, -0.1) is 0 Å². The molecule has 0 aliphatic heterocycles. The Labute approximate surface area is 154 Å². The van der Waals surface area contributed by atoms with E-state index in [9.17, 15) is 14.7 Å². The smallest absolute Gasteiger partial charge is 0.338 e. The van der Waals surface area contributed by atoms with E-state index in [1.54, 1.807) is 44.2 Å². The molecule has 2 aromatic rings.